The Kier molecular flexibility index (Phi) is 2.86. The van der Waals surface area contributed by atoms with E-state index in [1.54, 1.807) is 24.6 Å². The van der Waals surface area contributed by atoms with Crippen molar-refractivity contribution in [1.82, 2.24) is 14.8 Å². The maximum absolute atomic E-state index is 11.6. The zero-order valence-electron chi connectivity index (χ0n) is 10.4. The van der Waals surface area contributed by atoms with Gasteiger partial charge in [0.25, 0.3) is 0 Å². The van der Waals surface area contributed by atoms with Crippen molar-refractivity contribution in [2.24, 2.45) is 0 Å². The quantitative estimate of drug-likeness (QED) is 0.814. The monoisotopic (exact) mass is 266 g/mol. The molecule has 2 N–H and O–H groups in total. The highest BCUT2D eigenvalue weighted by molar-refractivity contribution is 7.90. The SMILES string of the molecule is Cc1nc(C)n(-c2cc(N)cc(S(C)(=O)=O)c2)n1. The number of aryl methyl sites for hydroxylation is 2. The summed E-state index contributed by atoms with van der Waals surface area (Å²) in [5, 5.41) is 4.20. The van der Waals surface area contributed by atoms with Gasteiger partial charge in [0.2, 0.25) is 0 Å². The second-order valence-corrected chi connectivity index (χ2v) is 6.17. The van der Waals surface area contributed by atoms with E-state index < -0.39 is 9.84 Å². The van der Waals surface area contributed by atoms with Crippen LogP contribution in [-0.2, 0) is 9.84 Å². The topological polar surface area (TPSA) is 90.9 Å². The van der Waals surface area contributed by atoms with Crippen LogP contribution in [0.4, 0.5) is 5.69 Å². The predicted octanol–water partition coefficient (Wildman–Crippen LogP) is 0.870. The smallest absolute Gasteiger partial charge is 0.175 e. The molecule has 7 heteroatoms. The third kappa shape index (κ3) is 2.35. The van der Waals surface area contributed by atoms with E-state index in [-0.39, 0.29) is 4.90 Å². The summed E-state index contributed by atoms with van der Waals surface area (Å²) in [6, 6.07) is 4.63. The van der Waals surface area contributed by atoms with E-state index in [0.717, 1.165) is 6.26 Å². The van der Waals surface area contributed by atoms with Crippen molar-refractivity contribution in [3.8, 4) is 5.69 Å². The fourth-order valence-electron chi connectivity index (χ4n) is 1.71. The maximum Gasteiger partial charge on any atom is 0.175 e. The van der Waals surface area contributed by atoms with Crippen LogP contribution < -0.4 is 5.73 Å². The van der Waals surface area contributed by atoms with Crippen molar-refractivity contribution in [3.05, 3.63) is 29.8 Å². The van der Waals surface area contributed by atoms with Crippen LogP contribution in [-0.4, -0.2) is 29.4 Å². The van der Waals surface area contributed by atoms with Crippen molar-refractivity contribution in [2.75, 3.05) is 12.0 Å². The average Bonchev–Trinajstić information content (AvgIpc) is 2.55. The maximum atomic E-state index is 11.6. The molecule has 0 bridgehead atoms. The number of rotatable bonds is 2. The van der Waals surface area contributed by atoms with Crippen molar-refractivity contribution >= 4 is 15.5 Å². The van der Waals surface area contributed by atoms with Gasteiger partial charge in [0.1, 0.15) is 11.6 Å². The summed E-state index contributed by atoms with van der Waals surface area (Å²) >= 11 is 0. The van der Waals surface area contributed by atoms with Gasteiger partial charge in [-0.1, -0.05) is 0 Å². The molecule has 1 heterocycles. The van der Waals surface area contributed by atoms with Crippen LogP contribution in [0.15, 0.2) is 23.1 Å². The molecule has 1 aromatic heterocycles. The molecule has 0 radical (unpaired) electrons. The van der Waals surface area contributed by atoms with Gasteiger partial charge < -0.3 is 5.73 Å². The largest absolute Gasteiger partial charge is 0.399 e. The fourth-order valence-corrected chi connectivity index (χ4v) is 2.39. The minimum absolute atomic E-state index is 0.171. The lowest BCUT2D eigenvalue weighted by atomic mass is 10.3. The van der Waals surface area contributed by atoms with Gasteiger partial charge in [-0.2, -0.15) is 5.10 Å². The van der Waals surface area contributed by atoms with E-state index in [0.29, 0.717) is 23.0 Å². The Morgan fingerprint density at radius 3 is 2.39 bits per heavy atom. The van der Waals surface area contributed by atoms with Gasteiger partial charge in [0.15, 0.2) is 9.84 Å². The molecule has 0 aliphatic rings. The van der Waals surface area contributed by atoms with E-state index >= 15 is 0 Å². The molecule has 0 unspecified atom stereocenters. The third-order valence-electron chi connectivity index (χ3n) is 2.46. The number of nitrogens with zero attached hydrogens (tertiary/aromatic N) is 3. The molecule has 0 aliphatic heterocycles. The molecule has 0 aliphatic carbocycles. The van der Waals surface area contributed by atoms with Crippen LogP contribution in [0, 0.1) is 13.8 Å². The Bertz CT molecular complexity index is 704. The normalized spacial score (nSPS) is 11.7. The number of sulfone groups is 1. The molecule has 6 nitrogen and oxygen atoms in total. The molecule has 2 rings (SSSR count). The summed E-state index contributed by atoms with van der Waals surface area (Å²) in [6.45, 7) is 3.57. The van der Waals surface area contributed by atoms with Crippen LogP contribution in [0.5, 0.6) is 0 Å². The molecule has 0 atom stereocenters. The average molecular weight is 266 g/mol. The van der Waals surface area contributed by atoms with Gasteiger partial charge in [0, 0.05) is 11.9 Å². The second kappa shape index (κ2) is 4.09. The number of hydrogen-bond acceptors (Lipinski definition) is 5. The fraction of sp³-hybridized carbons (Fsp3) is 0.273. The highest BCUT2D eigenvalue weighted by atomic mass is 32.2. The summed E-state index contributed by atoms with van der Waals surface area (Å²) in [5.41, 5.74) is 6.69. The number of anilines is 1. The summed E-state index contributed by atoms with van der Waals surface area (Å²) in [5.74, 6) is 1.30. The lowest BCUT2D eigenvalue weighted by Gasteiger charge is -2.07. The van der Waals surface area contributed by atoms with Gasteiger partial charge in [-0.3, -0.25) is 0 Å². The van der Waals surface area contributed by atoms with Crippen molar-refractivity contribution < 1.29 is 8.42 Å². The van der Waals surface area contributed by atoms with Gasteiger partial charge in [-0.15, -0.1) is 0 Å². The first-order chi connectivity index (χ1) is 8.27. The zero-order valence-corrected chi connectivity index (χ0v) is 11.2. The number of nitrogen functional groups attached to an aromatic ring is 1. The minimum atomic E-state index is -3.30. The van der Waals surface area contributed by atoms with Crippen LogP contribution >= 0.6 is 0 Å². The van der Waals surface area contributed by atoms with Gasteiger partial charge >= 0.3 is 0 Å². The van der Waals surface area contributed by atoms with Crippen molar-refractivity contribution in [3.63, 3.8) is 0 Å². The van der Waals surface area contributed by atoms with Crippen molar-refractivity contribution in [1.29, 1.82) is 0 Å². The Hall–Kier alpha value is -1.89. The zero-order chi connectivity index (χ0) is 13.5. The number of aromatic nitrogens is 3. The van der Waals surface area contributed by atoms with E-state index in [1.807, 2.05) is 0 Å². The summed E-state index contributed by atoms with van der Waals surface area (Å²) in [6.07, 6.45) is 1.14. The summed E-state index contributed by atoms with van der Waals surface area (Å²) in [7, 11) is -3.30. The van der Waals surface area contributed by atoms with Gasteiger partial charge in [-0.25, -0.2) is 18.1 Å². The molecule has 1 aromatic carbocycles. The second-order valence-electron chi connectivity index (χ2n) is 4.15. The molecule has 0 amide bonds. The Balaban J connectivity index is 2.66. The molecule has 0 fully saturated rings. The number of nitrogens with two attached hydrogens (primary N) is 1. The third-order valence-corrected chi connectivity index (χ3v) is 3.55. The summed E-state index contributed by atoms with van der Waals surface area (Å²) in [4.78, 5) is 4.34. The Morgan fingerprint density at radius 1 is 1.22 bits per heavy atom. The number of benzene rings is 1. The minimum Gasteiger partial charge on any atom is -0.399 e. The van der Waals surface area contributed by atoms with Crippen LogP contribution in [0.2, 0.25) is 0 Å². The van der Waals surface area contributed by atoms with E-state index in [2.05, 4.69) is 10.1 Å². The Morgan fingerprint density at radius 2 is 1.89 bits per heavy atom. The first-order valence-corrected chi connectivity index (χ1v) is 7.18. The molecular formula is C11H14N4O2S. The van der Waals surface area contributed by atoms with E-state index in [4.69, 9.17) is 5.73 Å². The van der Waals surface area contributed by atoms with E-state index in [9.17, 15) is 8.42 Å². The lowest BCUT2D eigenvalue weighted by molar-refractivity contribution is 0.601. The molecule has 0 saturated heterocycles. The highest BCUT2D eigenvalue weighted by Gasteiger charge is 2.12. The first-order valence-electron chi connectivity index (χ1n) is 5.28. The number of hydrogen-bond donors (Lipinski definition) is 1. The van der Waals surface area contributed by atoms with Gasteiger partial charge in [-0.05, 0) is 32.0 Å². The van der Waals surface area contributed by atoms with Crippen LogP contribution in [0.3, 0.4) is 0 Å². The van der Waals surface area contributed by atoms with E-state index in [1.165, 1.54) is 12.1 Å². The molecule has 18 heavy (non-hydrogen) atoms. The van der Waals surface area contributed by atoms with Gasteiger partial charge in [0.05, 0.1) is 10.6 Å². The summed E-state index contributed by atoms with van der Waals surface area (Å²) < 4.78 is 24.7. The molecule has 2 aromatic rings. The molecule has 0 spiro atoms. The molecule has 96 valence electrons. The van der Waals surface area contributed by atoms with Crippen LogP contribution in [0.25, 0.3) is 5.69 Å². The standard InChI is InChI=1S/C11H14N4O2S/c1-7-13-8(2)15(14-7)10-4-9(12)5-11(6-10)18(3,16)17/h4-6H,12H2,1-3H3. The predicted molar refractivity (Wildman–Crippen MR) is 68.4 cm³/mol. The molecular weight excluding hydrogens is 252 g/mol. The Labute approximate surface area is 105 Å². The molecule has 0 saturated carbocycles. The van der Waals surface area contributed by atoms with Crippen LogP contribution in [0.1, 0.15) is 11.6 Å². The lowest BCUT2D eigenvalue weighted by Crippen LogP contribution is -2.04. The highest BCUT2D eigenvalue weighted by Crippen LogP contribution is 2.20. The van der Waals surface area contributed by atoms with Crippen molar-refractivity contribution in [2.45, 2.75) is 18.7 Å². The first kappa shape index (κ1) is 12.6.